The van der Waals surface area contributed by atoms with E-state index < -0.39 is 0 Å². The smallest absolute Gasteiger partial charge is 0.277 e. The number of carbonyl (C=O) groups is 1. The molecule has 2 heterocycles. The van der Waals surface area contributed by atoms with E-state index in [0.29, 0.717) is 11.0 Å². The van der Waals surface area contributed by atoms with Crippen molar-refractivity contribution in [1.82, 2.24) is 10.1 Å². The summed E-state index contributed by atoms with van der Waals surface area (Å²) in [6.07, 6.45) is 0. The largest absolute Gasteiger partial charge is 0.375 e. The third-order valence-electron chi connectivity index (χ3n) is 2.14. The van der Waals surface area contributed by atoms with Gasteiger partial charge >= 0.3 is 0 Å². The molecule has 2 aromatic rings. The third kappa shape index (κ3) is 1.89. The lowest BCUT2D eigenvalue weighted by Crippen LogP contribution is -2.12. The van der Waals surface area contributed by atoms with Crippen LogP contribution in [-0.2, 0) is 0 Å². The van der Waals surface area contributed by atoms with E-state index in [1.54, 1.807) is 12.3 Å². The molecule has 0 radical (unpaired) electrons. The minimum atomic E-state index is -0.354. The molecule has 2 aromatic heterocycles. The van der Waals surface area contributed by atoms with Crippen LogP contribution in [0, 0.1) is 13.8 Å². The highest BCUT2D eigenvalue weighted by Gasteiger charge is 2.15. The maximum Gasteiger partial charge on any atom is 0.277 e. The lowest BCUT2D eigenvalue weighted by atomic mass is 10.3. The second-order valence-corrected chi connectivity index (χ2v) is 4.14. The zero-order chi connectivity index (χ0) is 11.7. The Kier molecular flexibility index (Phi) is 2.61. The van der Waals surface area contributed by atoms with Crippen molar-refractivity contribution in [3.8, 4) is 0 Å². The fraction of sp³-hybridized carbons (Fsp3) is 0.222. The van der Waals surface area contributed by atoms with Gasteiger partial charge in [0.05, 0.1) is 5.69 Å². The van der Waals surface area contributed by atoms with Crippen LogP contribution in [0.2, 0.25) is 0 Å². The SMILES string of the molecule is Cc1noc(NC(=O)c2csc(N)n2)c1C. The molecule has 7 heteroatoms. The summed E-state index contributed by atoms with van der Waals surface area (Å²) in [6.45, 7) is 3.62. The molecule has 0 aliphatic rings. The van der Waals surface area contributed by atoms with E-state index in [9.17, 15) is 4.79 Å². The number of thiazole rings is 1. The van der Waals surface area contributed by atoms with Crippen molar-refractivity contribution in [1.29, 1.82) is 0 Å². The van der Waals surface area contributed by atoms with Crippen molar-refractivity contribution in [2.45, 2.75) is 13.8 Å². The van der Waals surface area contributed by atoms with Crippen LogP contribution < -0.4 is 11.1 Å². The third-order valence-corrected chi connectivity index (χ3v) is 2.81. The van der Waals surface area contributed by atoms with Gasteiger partial charge in [0.25, 0.3) is 5.91 Å². The van der Waals surface area contributed by atoms with E-state index in [2.05, 4.69) is 15.5 Å². The summed E-state index contributed by atoms with van der Waals surface area (Å²) in [6, 6.07) is 0. The summed E-state index contributed by atoms with van der Waals surface area (Å²) in [5, 5.41) is 8.26. The van der Waals surface area contributed by atoms with Gasteiger partial charge < -0.3 is 10.3 Å². The van der Waals surface area contributed by atoms with Crippen molar-refractivity contribution in [2.75, 3.05) is 11.1 Å². The molecular formula is C9H10N4O2S. The molecule has 0 saturated carbocycles. The summed E-state index contributed by atoms with van der Waals surface area (Å²) < 4.78 is 4.96. The Morgan fingerprint density at radius 2 is 2.31 bits per heavy atom. The second kappa shape index (κ2) is 3.93. The van der Waals surface area contributed by atoms with E-state index in [0.717, 1.165) is 11.3 Å². The molecule has 0 atom stereocenters. The van der Waals surface area contributed by atoms with E-state index >= 15 is 0 Å². The van der Waals surface area contributed by atoms with Crippen LogP contribution in [0.4, 0.5) is 11.0 Å². The van der Waals surface area contributed by atoms with Crippen LogP contribution >= 0.6 is 11.3 Å². The van der Waals surface area contributed by atoms with Crippen LogP contribution in [0.25, 0.3) is 0 Å². The van der Waals surface area contributed by atoms with Gasteiger partial charge in [-0.2, -0.15) is 0 Å². The number of aromatic nitrogens is 2. The molecule has 16 heavy (non-hydrogen) atoms. The number of nitrogens with zero attached hydrogens (tertiary/aromatic N) is 2. The maximum atomic E-state index is 11.7. The molecule has 0 saturated heterocycles. The first kappa shape index (κ1) is 10.6. The lowest BCUT2D eigenvalue weighted by molar-refractivity contribution is 0.101. The standard InChI is InChI=1S/C9H10N4O2S/c1-4-5(2)13-15-8(4)12-7(14)6-3-16-9(10)11-6/h3H,1-2H3,(H2,10,11)(H,12,14). The number of carbonyl (C=O) groups excluding carboxylic acids is 1. The molecule has 0 aliphatic carbocycles. The average Bonchev–Trinajstić information content (AvgIpc) is 2.79. The summed E-state index contributed by atoms with van der Waals surface area (Å²) in [7, 11) is 0. The Bertz CT molecular complexity index is 531. The highest BCUT2D eigenvalue weighted by atomic mass is 32.1. The number of aryl methyl sites for hydroxylation is 1. The van der Waals surface area contributed by atoms with Gasteiger partial charge in [0.2, 0.25) is 5.88 Å². The number of hydrogen-bond acceptors (Lipinski definition) is 6. The van der Waals surface area contributed by atoms with Crippen LogP contribution in [0.1, 0.15) is 21.7 Å². The summed E-state index contributed by atoms with van der Waals surface area (Å²) in [5.41, 5.74) is 7.26. The molecule has 0 spiro atoms. The highest BCUT2D eigenvalue weighted by Crippen LogP contribution is 2.19. The monoisotopic (exact) mass is 238 g/mol. The van der Waals surface area contributed by atoms with Gasteiger partial charge in [0.15, 0.2) is 5.13 Å². The Balaban J connectivity index is 2.17. The quantitative estimate of drug-likeness (QED) is 0.828. The number of anilines is 2. The van der Waals surface area contributed by atoms with E-state index in [1.807, 2.05) is 6.92 Å². The van der Waals surface area contributed by atoms with Gasteiger partial charge in [0, 0.05) is 10.9 Å². The van der Waals surface area contributed by atoms with Gasteiger partial charge in [-0.3, -0.25) is 10.1 Å². The minimum absolute atomic E-state index is 0.274. The van der Waals surface area contributed by atoms with Crippen molar-refractivity contribution >= 4 is 28.3 Å². The number of rotatable bonds is 2. The van der Waals surface area contributed by atoms with E-state index in [4.69, 9.17) is 10.3 Å². The Hall–Kier alpha value is -1.89. The predicted molar refractivity (Wildman–Crippen MR) is 60.5 cm³/mol. The van der Waals surface area contributed by atoms with Gasteiger partial charge in [-0.15, -0.1) is 11.3 Å². The molecule has 0 aliphatic heterocycles. The molecule has 84 valence electrons. The number of nitrogens with two attached hydrogens (primary N) is 1. The van der Waals surface area contributed by atoms with Crippen LogP contribution in [0.3, 0.4) is 0 Å². The van der Waals surface area contributed by atoms with Crippen molar-refractivity contribution < 1.29 is 9.32 Å². The summed E-state index contributed by atoms with van der Waals surface area (Å²) in [4.78, 5) is 15.5. The number of nitrogens with one attached hydrogen (secondary N) is 1. The van der Waals surface area contributed by atoms with Gasteiger partial charge in [-0.05, 0) is 13.8 Å². The molecule has 6 nitrogen and oxygen atoms in total. The van der Waals surface area contributed by atoms with E-state index in [-0.39, 0.29) is 11.6 Å². The molecule has 2 rings (SSSR count). The van der Waals surface area contributed by atoms with Gasteiger partial charge in [0.1, 0.15) is 5.69 Å². The Morgan fingerprint density at radius 1 is 1.56 bits per heavy atom. The molecule has 3 N–H and O–H groups in total. The fourth-order valence-electron chi connectivity index (χ4n) is 1.09. The molecule has 0 aromatic carbocycles. The minimum Gasteiger partial charge on any atom is -0.375 e. The van der Waals surface area contributed by atoms with Crippen LogP contribution in [0.5, 0.6) is 0 Å². The average molecular weight is 238 g/mol. The summed E-state index contributed by atoms with van der Waals surface area (Å²) >= 11 is 1.21. The van der Waals surface area contributed by atoms with Crippen molar-refractivity contribution in [3.05, 3.63) is 22.3 Å². The van der Waals surface area contributed by atoms with Gasteiger partial charge in [-0.1, -0.05) is 5.16 Å². The van der Waals surface area contributed by atoms with Crippen molar-refractivity contribution in [2.24, 2.45) is 0 Å². The summed E-state index contributed by atoms with van der Waals surface area (Å²) in [5.74, 6) is -0.0127. The molecule has 0 fully saturated rings. The second-order valence-electron chi connectivity index (χ2n) is 3.25. The Morgan fingerprint density at radius 3 is 2.81 bits per heavy atom. The highest BCUT2D eigenvalue weighted by molar-refractivity contribution is 7.13. The number of amides is 1. The molecule has 0 bridgehead atoms. The lowest BCUT2D eigenvalue weighted by Gasteiger charge is -1.98. The van der Waals surface area contributed by atoms with Crippen LogP contribution in [0.15, 0.2) is 9.90 Å². The number of hydrogen-bond donors (Lipinski definition) is 2. The van der Waals surface area contributed by atoms with Crippen molar-refractivity contribution in [3.63, 3.8) is 0 Å². The normalized spacial score (nSPS) is 10.4. The zero-order valence-corrected chi connectivity index (χ0v) is 9.59. The first-order valence-corrected chi connectivity index (χ1v) is 5.41. The van der Waals surface area contributed by atoms with Crippen LogP contribution in [-0.4, -0.2) is 16.0 Å². The Labute approximate surface area is 95.5 Å². The fourth-order valence-corrected chi connectivity index (χ4v) is 1.63. The first-order valence-electron chi connectivity index (χ1n) is 4.53. The zero-order valence-electron chi connectivity index (χ0n) is 8.77. The molecule has 0 unspecified atom stereocenters. The number of nitrogen functional groups attached to an aromatic ring is 1. The molecule has 1 amide bonds. The first-order chi connectivity index (χ1) is 7.58. The molecular weight excluding hydrogens is 228 g/mol. The predicted octanol–water partition coefficient (Wildman–Crippen LogP) is 1.58. The topological polar surface area (TPSA) is 94.0 Å². The van der Waals surface area contributed by atoms with Gasteiger partial charge in [-0.25, -0.2) is 4.98 Å². The maximum absolute atomic E-state index is 11.7. The van der Waals surface area contributed by atoms with E-state index in [1.165, 1.54) is 11.3 Å².